The van der Waals surface area contributed by atoms with E-state index in [9.17, 15) is 8.42 Å². The van der Waals surface area contributed by atoms with E-state index in [1.54, 1.807) is 4.31 Å². The maximum absolute atomic E-state index is 12.6. The molecule has 1 saturated heterocycles. The lowest BCUT2D eigenvalue weighted by atomic mass is 10.1. The number of benzene rings is 2. The third kappa shape index (κ3) is 4.61. The van der Waals surface area contributed by atoms with Gasteiger partial charge in [-0.15, -0.1) is 0 Å². The van der Waals surface area contributed by atoms with Gasteiger partial charge in [-0.1, -0.05) is 49.4 Å². The molecule has 2 aromatic rings. The first kappa shape index (κ1) is 18.0. The molecule has 1 fully saturated rings. The minimum Gasteiger partial charge on any atom is -0.369 e. The van der Waals surface area contributed by atoms with Crippen molar-refractivity contribution in [1.29, 1.82) is 0 Å². The summed E-state index contributed by atoms with van der Waals surface area (Å²) in [5.74, 6) is 0.183. The van der Waals surface area contributed by atoms with Crippen LogP contribution in [0.15, 0.2) is 54.6 Å². The predicted octanol–water partition coefficient (Wildman–Crippen LogP) is 2.94. The average molecular weight is 359 g/mol. The summed E-state index contributed by atoms with van der Waals surface area (Å²) < 4.78 is 26.8. The Morgan fingerprint density at radius 2 is 1.48 bits per heavy atom. The average Bonchev–Trinajstić information content (AvgIpc) is 2.67. The summed E-state index contributed by atoms with van der Waals surface area (Å²) in [7, 11) is -3.19. The highest BCUT2D eigenvalue weighted by molar-refractivity contribution is 7.89. The van der Waals surface area contributed by atoms with E-state index in [0.717, 1.165) is 25.1 Å². The Balaban J connectivity index is 1.55. The lowest BCUT2D eigenvalue weighted by molar-refractivity contribution is 0.385. The third-order valence-corrected chi connectivity index (χ3v) is 6.71. The second-order valence-corrected chi connectivity index (χ2v) is 8.55. The van der Waals surface area contributed by atoms with Crippen LogP contribution >= 0.6 is 0 Å². The van der Waals surface area contributed by atoms with Crippen LogP contribution in [0.4, 0.5) is 5.69 Å². The van der Waals surface area contributed by atoms with Crippen LogP contribution in [-0.4, -0.2) is 44.7 Å². The highest BCUT2D eigenvalue weighted by Crippen LogP contribution is 2.19. The van der Waals surface area contributed by atoms with Gasteiger partial charge in [-0.25, -0.2) is 8.42 Å². The standard InChI is InChI=1S/C20H26N2O2S/c1-2-18-8-10-20(11-9-18)21-13-15-22(16-14-21)25(23,24)17-12-19-6-4-3-5-7-19/h3-11H,2,12-17H2,1H3. The lowest BCUT2D eigenvalue weighted by Gasteiger charge is -2.35. The molecule has 0 radical (unpaired) electrons. The van der Waals surface area contributed by atoms with Crippen LogP contribution < -0.4 is 4.90 Å². The monoisotopic (exact) mass is 358 g/mol. The van der Waals surface area contributed by atoms with Gasteiger partial charge in [-0.3, -0.25) is 0 Å². The molecular weight excluding hydrogens is 332 g/mol. The summed E-state index contributed by atoms with van der Waals surface area (Å²) in [5.41, 5.74) is 3.57. The van der Waals surface area contributed by atoms with Crippen molar-refractivity contribution in [3.8, 4) is 0 Å². The molecule has 3 rings (SSSR count). The number of rotatable bonds is 6. The van der Waals surface area contributed by atoms with Crippen LogP contribution in [0.25, 0.3) is 0 Å². The minimum atomic E-state index is -3.19. The highest BCUT2D eigenvalue weighted by Gasteiger charge is 2.26. The van der Waals surface area contributed by atoms with Gasteiger partial charge in [0.05, 0.1) is 5.75 Å². The SMILES string of the molecule is CCc1ccc(N2CCN(S(=O)(=O)CCc3ccccc3)CC2)cc1. The van der Waals surface area contributed by atoms with Crippen molar-refractivity contribution in [3.63, 3.8) is 0 Å². The van der Waals surface area contributed by atoms with Crippen LogP contribution in [-0.2, 0) is 22.9 Å². The molecule has 1 aliphatic rings. The van der Waals surface area contributed by atoms with E-state index in [-0.39, 0.29) is 5.75 Å². The molecule has 1 aliphatic heterocycles. The molecule has 0 aliphatic carbocycles. The number of sulfonamides is 1. The molecule has 25 heavy (non-hydrogen) atoms. The largest absolute Gasteiger partial charge is 0.369 e. The van der Waals surface area contributed by atoms with Gasteiger partial charge in [0.2, 0.25) is 10.0 Å². The van der Waals surface area contributed by atoms with Gasteiger partial charge in [0.25, 0.3) is 0 Å². The molecule has 0 bridgehead atoms. The van der Waals surface area contributed by atoms with Gasteiger partial charge in [0.1, 0.15) is 0 Å². The normalized spacial score (nSPS) is 16.1. The van der Waals surface area contributed by atoms with E-state index in [1.165, 1.54) is 11.3 Å². The van der Waals surface area contributed by atoms with Crippen molar-refractivity contribution in [2.24, 2.45) is 0 Å². The molecule has 0 spiro atoms. The number of anilines is 1. The molecule has 5 heteroatoms. The molecule has 0 unspecified atom stereocenters. The molecule has 1 heterocycles. The summed E-state index contributed by atoms with van der Waals surface area (Å²) in [4.78, 5) is 2.27. The van der Waals surface area contributed by atoms with Crippen molar-refractivity contribution in [2.75, 3.05) is 36.8 Å². The predicted molar refractivity (Wildman–Crippen MR) is 104 cm³/mol. The zero-order chi connectivity index (χ0) is 17.7. The zero-order valence-electron chi connectivity index (χ0n) is 14.8. The Morgan fingerprint density at radius 3 is 2.08 bits per heavy atom. The van der Waals surface area contributed by atoms with Crippen molar-refractivity contribution < 1.29 is 8.42 Å². The second kappa shape index (κ2) is 8.02. The fourth-order valence-electron chi connectivity index (χ4n) is 3.19. The maximum Gasteiger partial charge on any atom is 0.214 e. The fraction of sp³-hybridized carbons (Fsp3) is 0.400. The molecule has 0 atom stereocenters. The first-order valence-corrected chi connectivity index (χ1v) is 10.5. The van der Waals surface area contributed by atoms with Gasteiger partial charge < -0.3 is 4.90 Å². The quantitative estimate of drug-likeness (QED) is 0.797. The van der Waals surface area contributed by atoms with E-state index >= 15 is 0 Å². The Hall–Kier alpha value is -1.85. The lowest BCUT2D eigenvalue weighted by Crippen LogP contribution is -2.49. The number of nitrogens with zero attached hydrogens (tertiary/aromatic N) is 2. The Labute approximate surface area is 151 Å². The van der Waals surface area contributed by atoms with E-state index in [2.05, 4.69) is 36.1 Å². The third-order valence-electron chi connectivity index (χ3n) is 4.83. The van der Waals surface area contributed by atoms with Gasteiger partial charge in [-0.2, -0.15) is 4.31 Å². The first-order valence-electron chi connectivity index (χ1n) is 8.94. The summed E-state index contributed by atoms with van der Waals surface area (Å²) in [6.45, 7) is 4.76. The molecule has 2 aromatic carbocycles. The summed E-state index contributed by atoms with van der Waals surface area (Å²) in [6.07, 6.45) is 1.61. The molecule has 0 N–H and O–H groups in total. The summed E-state index contributed by atoms with van der Waals surface area (Å²) in [6, 6.07) is 18.4. The molecular formula is C20H26N2O2S. The van der Waals surface area contributed by atoms with Gasteiger partial charge in [0, 0.05) is 31.9 Å². The topological polar surface area (TPSA) is 40.6 Å². The van der Waals surface area contributed by atoms with Crippen LogP contribution in [0.2, 0.25) is 0 Å². The molecule has 0 amide bonds. The van der Waals surface area contributed by atoms with Crippen LogP contribution in [0.5, 0.6) is 0 Å². The van der Waals surface area contributed by atoms with Gasteiger partial charge in [0.15, 0.2) is 0 Å². The smallest absolute Gasteiger partial charge is 0.214 e. The van der Waals surface area contributed by atoms with E-state index in [4.69, 9.17) is 0 Å². The first-order chi connectivity index (χ1) is 12.1. The molecule has 0 aromatic heterocycles. The van der Waals surface area contributed by atoms with Crippen molar-refractivity contribution in [2.45, 2.75) is 19.8 Å². The van der Waals surface area contributed by atoms with Crippen molar-refractivity contribution >= 4 is 15.7 Å². The summed E-state index contributed by atoms with van der Waals surface area (Å²) in [5, 5.41) is 0. The number of hydrogen-bond acceptors (Lipinski definition) is 3. The minimum absolute atomic E-state index is 0.183. The zero-order valence-corrected chi connectivity index (χ0v) is 15.6. The number of aryl methyl sites for hydroxylation is 2. The molecule has 134 valence electrons. The van der Waals surface area contributed by atoms with Crippen LogP contribution in [0.3, 0.4) is 0 Å². The Kier molecular flexibility index (Phi) is 5.76. The van der Waals surface area contributed by atoms with E-state index in [0.29, 0.717) is 19.5 Å². The van der Waals surface area contributed by atoms with Gasteiger partial charge >= 0.3 is 0 Å². The second-order valence-electron chi connectivity index (χ2n) is 6.46. The van der Waals surface area contributed by atoms with Crippen molar-refractivity contribution in [1.82, 2.24) is 4.31 Å². The van der Waals surface area contributed by atoms with Gasteiger partial charge in [-0.05, 0) is 36.1 Å². The molecule has 4 nitrogen and oxygen atoms in total. The Morgan fingerprint density at radius 1 is 0.840 bits per heavy atom. The van der Waals surface area contributed by atoms with Crippen molar-refractivity contribution in [3.05, 3.63) is 65.7 Å². The highest BCUT2D eigenvalue weighted by atomic mass is 32.2. The Bertz CT molecular complexity index is 765. The molecule has 0 saturated carbocycles. The van der Waals surface area contributed by atoms with E-state index in [1.807, 2.05) is 30.3 Å². The van der Waals surface area contributed by atoms with Crippen LogP contribution in [0.1, 0.15) is 18.1 Å². The van der Waals surface area contributed by atoms with Crippen LogP contribution in [0, 0.1) is 0 Å². The van der Waals surface area contributed by atoms with E-state index < -0.39 is 10.0 Å². The number of hydrogen-bond donors (Lipinski definition) is 0. The number of piperazine rings is 1. The summed E-state index contributed by atoms with van der Waals surface area (Å²) >= 11 is 0. The fourth-order valence-corrected chi connectivity index (χ4v) is 4.66. The maximum atomic E-state index is 12.6.